The molecule has 0 saturated carbocycles. The van der Waals surface area contributed by atoms with Crippen LogP contribution in [0.1, 0.15) is 27.8 Å². The normalized spacial score (nSPS) is 17.7. The third-order valence-electron chi connectivity index (χ3n) is 4.47. The minimum absolute atomic E-state index is 0.0371. The van der Waals surface area contributed by atoms with E-state index in [1.807, 2.05) is 67.5 Å². The Kier molecular flexibility index (Phi) is 4.09. The van der Waals surface area contributed by atoms with Crippen molar-refractivity contribution in [1.29, 1.82) is 0 Å². The number of ether oxygens (including phenoxy) is 1. The Hall–Kier alpha value is -3.27. The molecule has 2 aromatic carbocycles. The molecule has 0 aliphatic carbocycles. The summed E-state index contributed by atoms with van der Waals surface area (Å²) in [6.07, 6.45) is 2.89. The second kappa shape index (κ2) is 6.56. The van der Waals surface area contributed by atoms with Crippen LogP contribution in [-0.2, 0) is 0 Å². The van der Waals surface area contributed by atoms with Gasteiger partial charge in [-0.2, -0.15) is 0 Å². The molecule has 0 amide bonds. The van der Waals surface area contributed by atoms with Gasteiger partial charge in [-0.3, -0.25) is 4.79 Å². The van der Waals surface area contributed by atoms with Crippen LogP contribution in [0.3, 0.4) is 0 Å². The first-order chi connectivity index (χ1) is 12.6. The second-order valence-corrected chi connectivity index (χ2v) is 6.42. The fourth-order valence-electron chi connectivity index (χ4n) is 3.08. The van der Waals surface area contributed by atoms with Crippen LogP contribution in [0.15, 0.2) is 76.9 Å². The molecular formula is C22H19NO3. The highest BCUT2D eigenvalue weighted by molar-refractivity contribution is 6.14. The van der Waals surface area contributed by atoms with Gasteiger partial charge in [0.25, 0.3) is 0 Å². The van der Waals surface area contributed by atoms with E-state index in [2.05, 4.69) is 0 Å². The molecule has 130 valence electrons. The third kappa shape index (κ3) is 2.90. The van der Waals surface area contributed by atoms with Crippen molar-refractivity contribution >= 4 is 17.5 Å². The van der Waals surface area contributed by atoms with Crippen LogP contribution in [0, 0.1) is 0 Å². The summed E-state index contributed by atoms with van der Waals surface area (Å²) in [5, 5.41) is 0. The molecule has 3 aromatic rings. The number of carbonyl (C=O) groups excluding carboxylic acids is 1. The third-order valence-corrected chi connectivity index (χ3v) is 4.47. The molecule has 1 unspecified atom stereocenters. The minimum Gasteiger partial charge on any atom is -0.480 e. The first kappa shape index (κ1) is 16.2. The quantitative estimate of drug-likeness (QED) is 0.643. The predicted molar refractivity (Wildman–Crippen MR) is 102 cm³/mol. The topological polar surface area (TPSA) is 42.7 Å². The van der Waals surface area contributed by atoms with E-state index in [4.69, 9.17) is 9.15 Å². The van der Waals surface area contributed by atoms with Crippen molar-refractivity contribution in [2.24, 2.45) is 0 Å². The van der Waals surface area contributed by atoms with Gasteiger partial charge in [-0.15, -0.1) is 0 Å². The zero-order chi connectivity index (χ0) is 18.1. The molecule has 0 bridgehead atoms. The monoisotopic (exact) mass is 345 g/mol. The van der Waals surface area contributed by atoms with Gasteiger partial charge >= 0.3 is 0 Å². The van der Waals surface area contributed by atoms with Crippen LogP contribution < -0.4 is 9.64 Å². The average molecular weight is 345 g/mol. The molecule has 4 heteroatoms. The summed E-state index contributed by atoms with van der Waals surface area (Å²) in [6.45, 7) is 0. The van der Waals surface area contributed by atoms with Gasteiger partial charge in [0.05, 0.1) is 11.8 Å². The van der Waals surface area contributed by atoms with Crippen LogP contribution in [0.4, 0.5) is 5.69 Å². The largest absolute Gasteiger partial charge is 0.480 e. The Morgan fingerprint density at radius 2 is 1.73 bits per heavy atom. The fourth-order valence-corrected chi connectivity index (χ4v) is 3.08. The van der Waals surface area contributed by atoms with Crippen molar-refractivity contribution in [2.45, 2.75) is 6.10 Å². The summed E-state index contributed by atoms with van der Waals surface area (Å²) < 4.78 is 11.6. The molecule has 0 spiro atoms. The predicted octanol–water partition coefficient (Wildman–Crippen LogP) is 4.75. The molecule has 0 N–H and O–H groups in total. The molecule has 26 heavy (non-hydrogen) atoms. The Morgan fingerprint density at radius 1 is 0.962 bits per heavy atom. The maximum absolute atomic E-state index is 13.1. The molecular weight excluding hydrogens is 326 g/mol. The summed E-state index contributed by atoms with van der Waals surface area (Å²) in [4.78, 5) is 15.1. The summed E-state index contributed by atoms with van der Waals surface area (Å²) in [5.74, 6) is 1.20. The van der Waals surface area contributed by atoms with Gasteiger partial charge in [-0.25, -0.2) is 0 Å². The fraction of sp³-hybridized carbons (Fsp3) is 0.136. The molecule has 1 atom stereocenters. The van der Waals surface area contributed by atoms with Crippen LogP contribution in [0.2, 0.25) is 0 Å². The Bertz CT molecular complexity index is 953. The number of fused-ring (bicyclic) bond motifs is 1. The molecule has 0 radical (unpaired) electrons. The Balaban J connectivity index is 1.81. The number of anilines is 1. The van der Waals surface area contributed by atoms with Crippen LogP contribution >= 0.6 is 0 Å². The van der Waals surface area contributed by atoms with Crippen molar-refractivity contribution in [3.05, 3.63) is 89.4 Å². The molecule has 4 rings (SSSR count). The van der Waals surface area contributed by atoms with Gasteiger partial charge < -0.3 is 14.1 Å². The van der Waals surface area contributed by atoms with E-state index in [0.29, 0.717) is 22.6 Å². The maximum atomic E-state index is 13.1. The smallest absolute Gasteiger partial charge is 0.196 e. The van der Waals surface area contributed by atoms with Gasteiger partial charge in [-0.05, 0) is 48.0 Å². The molecule has 4 nitrogen and oxygen atoms in total. The maximum Gasteiger partial charge on any atom is 0.196 e. The number of benzene rings is 2. The number of hydrogen-bond acceptors (Lipinski definition) is 4. The van der Waals surface area contributed by atoms with Crippen molar-refractivity contribution < 1.29 is 13.9 Å². The first-order valence-electron chi connectivity index (χ1n) is 8.46. The number of nitrogens with zero attached hydrogens (tertiary/aromatic N) is 1. The lowest BCUT2D eigenvalue weighted by molar-refractivity contribution is 0.0963. The van der Waals surface area contributed by atoms with Crippen molar-refractivity contribution in [3.63, 3.8) is 0 Å². The van der Waals surface area contributed by atoms with E-state index in [1.54, 1.807) is 24.5 Å². The number of para-hydroxylation sites is 1. The van der Waals surface area contributed by atoms with Gasteiger partial charge in [0, 0.05) is 25.4 Å². The van der Waals surface area contributed by atoms with E-state index >= 15 is 0 Å². The van der Waals surface area contributed by atoms with Crippen molar-refractivity contribution in [1.82, 2.24) is 0 Å². The van der Waals surface area contributed by atoms with Crippen molar-refractivity contribution in [3.8, 4) is 5.75 Å². The number of ketones is 1. The lowest BCUT2D eigenvalue weighted by atomic mass is 9.90. The number of carbonyl (C=O) groups is 1. The van der Waals surface area contributed by atoms with Crippen LogP contribution in [0.25, 0.3) is 6.08 Å². The van der Waals surface area contributed by atoms with E-state index in [9.17, 15) is 4.79 Å². The molecule has 1 aliphatic heterocycles. The summed E-state index contributed by atoms with van der Waals surface area (Å²) in [7, 11) is 3.99. The van der Waals surface area contributed by atoms with Gasteiger partial charge in [0.2, 0.25) is 0 Å². The number of furan rings is 1. The van der Waals surface area contributed by atoms with Gasteiger partial charge in [0.1, 0.15) is 11.5 Å². The highest BCUT2D eigenvalue weighted by Crippen LogP contribution is 2.39. The molecule has 0 fully saturated rings. The van der Waals surface area contributed by atoms with Crippen LogP contribution in [-0.4, -0.2) is 19.9 Å². The highest BCUT2D eigenvalue weighted by atomic mass is 16.5. The van der Waals surface area contributed by atoms with E-state index in [1.165, 1.54) is 0 Å². The van der Waals surface area contributed by atoms with Crippen LogP contribution in [0.5, 0.6) is 5.75 Å². The summed E-state index contributed by atoms with van der Waals surface area (Å²) >= 11 is 0. The summed E-state index contributed by atoms with van der Waals surface area (Å²) in [5.41, 5.74) is 3.16. The van der Waals surface area contributed by atoms with Crippen molar-refractivity contribution in [2.75, 3.05) is 19.0 Å². The highest BCUT2D eigenvalue weighted by Gasteiger charge is 2.33. The molecule has 1 aromatic heterocycles. The number of Topliss-reactive ketones (excluding diaryl/α,β-unsaturated/α-hetero) is 1. The SMILES string of the molecule is CN(C)c1ccc(C2Oc3ccccc3C(=O)C2=Cc2ccco2)cc1. The first-order valence-corrected chi connectivity index (χ1v) is 8.46. The number of rotatable bonds is 3. The van der Waals surface area contributed by atoms with E-state index < -0.39 is 6.10 Å². The lowest BCUT2D eigenvalue weighted by Gasteiger charge is -2.28. The Labute approximate surface area is 152 Å². The lowest BCUT2D eigenvalue weighted by Crippen LogP contribution is -2.23. The van der Waals surface area contributed by atoms with E-state index in [-0.39, 0.29) is 5.78 Å². The zero-order valence-corrected chi connectivity index (χ0v) is 14.7. The average Bonchev–Trinajstić information content (AvgIpc) is 3.17. The van der Waals surface area contributed by atoms with Gasteiger partial charge in [-0.1, -0.05) is 24.3 Å². The Morgan fingerprint density at radius 3 is 2.42 bits per heavy atom. The second-order valence-electron chi connectivity index (χ2n) is 6.42. The molecule has 0 saturated heterocycles. The summed E-state index contributed by atoms with van der Waals surface area (Å²) in [6, 6.07) is 19.0. The number of hydrogen-bond donors (Lipinski definition) is 0. The van der Waals surface area contributed by atoms with Gasteiger partial charge in [0.15, 0.2) is 11.9 Å². The molecule has 1 aliphatic rings. The minimum atomic E-state index is -0.473. The van der Waals surface area contributed by atoms with E-state index in [0.717, 1.165) is 11.3 Å². The zero-order valence-electron chi connectivity index (χ0n) is 14.7. The standard InChI is InChI=1S/C22H19NO3/c1-23(2)16-11-9-15(10-12-16)22-19(14-17-6-5-13-25-17)21(24)18-7-3-4-8-20(18)26-22/h3-14,22H,1-2H3. The molecule has 2 heterocycles.